The van der Waals surface area contributed by atoms with E-state index in [0.29, 0.717) is 30.6 Å². The molecule has 0 N–H and O–H groups in total. The molecule has 2 atom stereocenters. The standard InChI is InChI=1S/C21H29N3O5/c1-15-10-16(2)13-23(12-15)18-7-6-17(11-19(18)24(27)28)21(26)29-14-20(25)22-8-4-3-5-9-22/h6-7,11,15-16H,3-5,8-10,12-14H2,1-2H3. The molecule has 0 saturated carbocycles. The van der Waals surface area contributed by atoms with Gasteiger partial charge in [-0.1, -0.05) is 13.8 Å². The molecule has 2 saturated heterocycles. The Labute approximate surface area is 171 Å². The number of amides is 1. The number of anilines is 1. The van der Waals surface area contributed by atoms with Gasteiger partial charge in [0.25, 0.3) is 11.6 Å². The molecule has 158 valence electrons. The number of ether oxygens (including phenoxy) is 1. The molecule has 0 aliphatic carbocycles. The van der Waals surface area contributed by atoms with Crippen LogP contribution in [0.25, 0.3) is 0 Å². The van der Waals surface area contributed by atoms with Crippen LogP contribution in [0.4, 0.5) is 11.4 Å². The molecule has 1 aromatic rings. The molecule has 3 rings (SSSR count). The van der Waals surface area contributed by atoms with E-state index in [1.807, 2.05) is 4.90 Å². The van der Waals surface area contributed by atoms with Crippen molar-refractivity contribution in [1.82, 2.24) is 4.90 Å². The molecule has 2 fully saturated rings. The number of hydrogen-bond acceptors (Lipinski definition) is 6. The quantitative estimate of drug-likeness (QED) is 0.426. The summed E-state index contributed by atoms with van der Waals surface area (Å²) in [7, 11) is 0. The Morgan fingerprint density at radius 1 is 1.14 bits per heavy atom. The number of benzene rings is 1. The third-order valence-electron chi connectivity index (χ3n) is 5.65. The first-order valence-corrected chi connectivity index (χ1v) is 10.3. The van der Waals surface area contributed by atoms with E-state index >= 15 is 0 Å². The van der Waals surface area contributed by atoms with Crippen LogP contribution in [0.3, 0.4) is 0 Å². The predicted molar refractivity (Wildman–Crippen MR) is 109 cm³/mol. The summed E-state index contributed by atoms with van der Waals surface area (Å²) in [4.78, 5) is 39.4. The van der Waals surface area contributed by atoms with Crippen molar-refractivity contribution in [2.75, 3.05) is 37.7 Å². The second kappa shape index (κ2) is 9.24. The van der Waals surface area contributed by atoms with Crippen LogP contribution in [0.1, 0.15) is 49.9 Å². The van der Waals surface area contributed by atoms with E-state index < -0.39 is 10.9 Å². The molecule has 2 unspecified atom stereocenters. The Bertz CT molecular complexity index is 766. The Morgan fingerprint density at radius 2 is 1.79 bits per heavy atom. The van der Waals surface area contributed by atoms with E-state index in [9.17, 15) is 19.7 Å². The Hall–Kier alpha value is -2.64. The Balaban J connectivity index is 1.69. The van der Waals surface area contributed by atoms with Gasteiger partial charge in [-0.25, -0.2) is 4.79 Å². The van der Waals surface area contributed by atoms with Crippen molar-refractivity contribution in [3.8, 4) is 0 Å². The maximum Gasteiger partial charge on any atom is 0.338 e. The van der Waals surface area contributed by atoms with Crippen LogP contribution in [-0.4, -0.2) is 54.5 Å². The second-order valence-electron chi connectivity index (χ2n) is 8.33. The number of nitro benzene ring substituents is 1. The van der Waals surface area contributed by atoms with Gasteiger partial charge in [0.15, 0.2) is 6.61 Å². The zero-order valence-electron chi connectivity index (χ0n) is 17.1. The number of likely N-dealkylation sites (tertiary alicyclic amines) is 1. The summed E-state index contributed by atoms with van der Waals surface area (Å²) >= 11 is 0. The zero-order chi connectivity index (χ0) is 21.0. The number of hydrogen-bond donors (Lipinski definition) is 0. The summed E-state index contributed by atoms with van der Waals surface area (Å²) in [5, 5.41) is 11.6. The van der Waals surface area contributed by atoms with Crippen molar-refractivity contribution in [1.29, 1.82) is 0 Å². The van der Waals surface area contributed by atoms with Gasteiger partial charge in [0.05, 0.1) is 10.5 Å². The van der Waals surface area contributed by atoms with E-state index in [-0.39, 0.29) is 23.8 Å². The minimum absolute atomic E-state index is 0.0880. The number of carbonyl (C=O) groups is 2. The number of esters is 1. The first-order chi connectivity index (χ1) is 13.8. The predicted octanol–water partition coefficient (Wildman–Crippen LogP) is 3.25. The van der Waals surface area contributed by atoms with E-state index in [0.717, 1.165) is 38.8 Å². The van der Waals surface area contributed by atoms with E-state index in [1.54, 1.807) is 17.0 Å². The molecule has 8 nitrogen and oxygen atoms in total. The van der Waals surface area contributed by atoms with Gasteiger partial charge in [0.2, 0.25) is 0 Å². The Kier molecular flexibility index (Phi) is 6.71. The molecule has 2 heterocycles. The fraction of sp³-hybridized carbons (Fsp3) is 0.619. The van der Waals surface area contributed by atoms with E-state index in [1.165, 1.54) is 6.07 Å². The van der Waals surface area contributed by atoms with Gasteiger partial charge in [0, 0.05) is 32.2 Å². The van der Waals surface area contributed by atoms with Crippen LogP contribution < -0.4 is 4.90 Å². The highest BCUT2D eigenvalue weighted by Crippen LogP contribution is 2.34. The molecule has 8 heteroatoms. The zero-order valence-corrected chi connectivity index (χ0v) is 17.1. The molecule has 0 radical (unpaired) electrons. The minimum Gasteiger partial charge on any atom is -0.452 e. The molecule has 2 aliphatic heterocycles. The molecule has 0 aromatic heterocycles. The first-order valence-electron chi connectivity index (χ1n) is 10.3. The molecule has 29 heavy (non-hydrogen) atoms. The van der Waals surface area contributed by atoms with Crippen LogP contribution in [-0.2, 0) is 9.53 Å². The monoisotopic (exact) mass is 403 g/mol. The molecular formula is C21H29N3O5. The van der Waals surface area contributed by atoms with Gasteiger partial charge in [-0.3, -0.25) is 14.9 Å². The van der Waals surface area contributed by atoms with Crippen molar-refractivity contribution >= 4 is 23.3 Å². The third-order valence-corrected chi connectivity index (χ3v) is 5.65. The highest BCUT2D eigenvalue weighted by molar-refractivity contribution is 5.93. The van der Waals surface area contributed by atoms with Gasteiger partial charge < -0.3 is 14.5 Å². The topological polar surface area (TPSA) is 93.0 Å². The van der Waals surface area contributed by atoms with Crippen LogP contribution >= 0.6 is 0 Å². The molecule has 0 bridgehead atoms. The summed E-state index contributed by atoms with van der Waals surface area (Å²) in [5.41, 5.74) is 0.502. The summed E-state index contributed by atoms with van der Waals surface area (Å²) in [5.74, 6) is -0.0431. The van der Waals surface area contributed by atoms with Gasteiger partial charge >= 0.3 is 5.97 Å². The number of nitro groups is 1. The van der Waals surface area contributed by atoms with E-state index in [4.69, 9.17) is 4.74 Å². The average molecular weight is 403 g/mol. The average Bonchev–Trinajstić information content (AvgIpc) is 2.71. The molecule has 2 aliphatic rings. The maximum atomic E-state index is 12.4. The number of nitrogens with zero attached hydrogens (tertiary/aromatic N) is 3. The van der Waals surface area contributed by atoms with Crippen LogP contribution in [0.2, 0.25) is 0 Å². The lowest BCUT2D eigenvalue weighted by molar-refractivity contribution is -0.384. The fourth-order valence-electron chi connectivity index (χ4n) is 4.37. The van der Waals surface area contributed by atoms with Gasteiger partial charge in [0.1, 0.15) is 5.69 Å². The summed E-state index contributed by atoms with van der Waals surface area (Å²) in [6, 6.07) is 4.42. The third kappa shape index (κ3) is 5.25. The summed E-state index contributed by atoms with van der Waals surface area (Å²) in [6.45, 7) is 6.81. The van der Waals surface area contributed by atoms with Crippen molar-refractivity contribution in [3.63, 3.8) is 0 Å². The highest BCUT2D eigenvalue weighted by atomic mass is 16.6. The second-order valence-corrected chi connectivity index (χ2v) is 8.33. The van der Waals surface area contributed by atoms with Crippen LogP contribution in [0.5, 0.6) is 0 Å². The van der Waals surface area contributed by atoms with Crippen molar-refractivity contribution < 1.29 is 19.2 Å². The highest BCUT2D eigenvalue weighted by Gasteiger charge is 2.28. The smallest absolute Gasteiger partial charge is 0.338 e. The molecule has 1 aromatic carbocycles. The molecule has 1 amide bonds. The van der Waals surface area contributed by atoms with Crippen molar-refractivity contribution in [2.45, 2.75) is 39.5 Å². The number of carbonyl (C=O) groups excluding carboxylic acids is 2. The first kappa shape index (κ1) is 21.1. The van der Waals surface area contributed by atoms with Gasteiger partial charge in [-0.15, -0.1) is 0 Å². The van der Waals surface area contributed by atoms with Crippen LogP contribution in [0, 0.1) is 22.0 Å². The summed E-state index contributed by atoms with van der Waals surface area (Å²) in [6.07, 6.45) is 4.12. The lowest BCUT2D eigenvalue weighted by atomic mass is 9.91. The lowest BCUT2D eigenvalue weighted by Crippen LogP contribution is -2.39. The number of piperidine rings is 2. The largest absolute Gasteiger partial charge is 0.452 e. The SMILES string of the molecule is CC1CC(C)CN(c2ccc(C(=O)OCC(=O)N3CCCCC3)cc2[N+](=O)[O-])C1. The van der Waals surface area contributed by atoms with Crippen molar-refractivity contribution in [2.24, 2.45) is 11.8 Å². The lowest BCUT2D eigenvalue weighted by Gasteiger charge is -2.36. The van der Waals surface area contributed by atoms with Gasteiger partial charge in [-0.2, -0.15) is 0 Å². The molecule has 0 spiro atoms. The minimum atomic E-state index is -0.717. The summed E-state index contributed by atoms with van der Waals surface area (Å²) < 4.78 is 5.13. The van der Waals surface area contributed by atoms with Crippen LogP contribution in [0.15, 0.2) is 18.2 Å². The fourth-order valence-corrected chi connectivity index (χ4v) is 4.37. The van der Waals surface area contributed by atoms with Crippen molar-refractivity contribution in [3.05, 3.63) is 33.9 Å². The number of rotatable bonds is 5. The maximum absolute atomic E-state index is 12.4. The Morgan fingerprint density at radius 3 is 2.41 bits per heavy atom. The normalized spacial score (nSPS) is 22.3. The van der Waals surface area contributed by atoms with E-state index in [2.05, 4.69) is 13.8 Å². The van der Waals surface area contributed by atoms with Gasteiger partial charge in [-0.05, 0) is 49.7 Å². The molecular weight excluding hydrogens is 374 g/mol.